The molecule has 1 N–H and O–H groups in total. The molecule has 1 atom stereocenters. The van der Waals surface area contributed by atoms with Gasteiger partial charge in [0.15, 0.2) is 0 Å². The number of nitrogens with one attached hydrogen (secondary N) is 1. The Bertz CT molecular complexity index is 1700. The quantitative estimate of drug-likeness (QED) is 0.198. The van der Waals surface area contributed by atoms with Crippen LogP contribution >= 0.6 is 15.9 Å². The number of carbonyl (C=O) groups excluding carboxylic acids is 2. The molecule has 0 radical (unpaired) electrons. The monoisotopic (exact) mass is 675 g/mol. The maximum Gasteiger partial charge on any atom is 0.244 e. The number of rotatable bonds is 11. The number of carbonyl (C=O) groups is 2. The van der Waals surface area contributed by atoms with E-state index in [0.29, 0.717) is 12.1 Å². The van der Waals surface area contributed by atoms with Crippen molar-refractivity contribution in [3.05, 3.63) is 113 Å². The summed E-state index contributed by atoms with van der Waals surface area (Å²) in [5.74, 6) is -0.678. The average molecular weight is 677 g/mol. The molecule has 1 fully saturated rings. The minimum absolute atomic E-state index is 0.0561. The Labute approximate surface area is 268 Å². The van der Waals surface area contributed by atoms with Crippen molar-refractivity contribution in [2.75, 3.05) is 17.1 Å². The van der Waals surface area contributed by atoms with Crippen LogP contribution < -0.4 is 9.62 Å². The second-order valence-corrected chi connectivity index (χ2v) is 14.3. The number of benzene rings is 4. The van der Waals surface area contributed by atoms with Crippen molar-refractivity contribution in [1.82, 2.24) is 10.2 Å². The minimum Gasteiger partial charge on any atom is -0.352 e. The van der Waals surface area contributed by atoms with Crippen LogP contribution in [0.4, 0.5) is 5.69 Å². The Morgan fingerprint density at radius 1 is 0.864 bits per heavy atom. The molecule has 0 spiro atoms. The molecule has 44 heavy (non-hydrogen) atoms. The van der Waals surface area contributed by atoms with Crippen LogP contribution in [0.1, 0.15) is 43.2 Å². The fourth-order valence-corrected chi connectivity index (χ4v) is 7.26. The predicted molar refractivity (Wildman–Crippen MR) is 180 cm³/mol. The van der Waals surface area contributed by atoms with Gasteiger partial charge in [-0.15, -0.1) is 0 Å². The summed E-state index contributed by atoms with van der Waals surface area (Å²) in [4.78, 5) is 30.1. The maximum absolute atomic E-state index is 14.5. The molecule has 5 rings (SSSR count). The molecule has 9 heteroatoms. The Balaban J connectivity index is 1.54. The average Bonchev–Trinajstić information content (AvgIpc) is 3.01. The van der Waals surface area contributed by atoms with E-state index in [-0.39, 0.29) is 18.5 Å². The Morgan fingerprint density at radius 3 is 2.25 bits per heavy atom. The molecule has 0 unspecified atom stereocenters. The third-order valence-electron chi connectivity index (χ3n) is 8.18. The van der Waals surface area contributed by atoms with E-state index in [2.05, 4.69) is 21.2 Å². The summed E-state index contributed by atoms with van der Waals surface area (Å²) in [7, 11) is -3.87. The molecule has 0 aliphatic heterocycles. The van der Waals surface area contributed by atoms with Gasteiger partial charge in [0, 0.05) is 28.9 Å². The SMILES string of the molecule is CS(=O)(=O)N(CC(=O)N(Cc1cccc(Br)c1)[C@H](Cc1ccccc1)C(=O)NC1CCCCC1)c1cccc2ccccc12. The van der Waals surface area contributed by atoms with Gasteiger partial charge in [-0.25, -0.2) is 8.42 Å². The minimum atomic E-state index is -3.87. The highest BCUT2D eigenvalue weighted by Crippen LogP contribution is 2.29. The predicted octanol–water partition coefficient (Wildman–Crippen LogP) is 6.46. The van der Waals surface area contributed by atoms with Gasteiger partial charge < -0.3 is 10.2 Å². The Hall–Kier alpha value is -3.69. The van der Waals surface area contributed by atoms with Gasteiger partial charge in [0.1, 0.15) is 12.6 Å². The van der Waals surface area contributed by atoms with Gasteiger partial charge in [0.05, 0.1) is 11.9 Å². The maximum atomic E-state index is 14.5. The van der Waals surface area contributed by atoms with E-state index >= 15 is 0 Å². The molecule has 0 saturated heterocycles. The first-order chi connectivity index (χ1) is 21.2. The number of nitrogens with zero attached hydrogens (tertiary/aromatic N) is 2. The number of fused-ring (bicyclic) bond motifs is 1. The number of hydrogen-bond acceptors (Lipinski definition) is 4. The Kier molecular flexibility index (Phi) is 10.4. The molecule has 0 heterocycles. The van der Waals surface area contributed by atoms with Crippen molar-refractivity contribution in [2.45, 2.75) is 57.2 Å². The van der Waals surface area contributed by atoms with E-state index in [1.54, 1.807) is 17.0 Å². The van der Waals surface area contributed by atoms with E-state index in [1.807, 2.05) is 84.9 Å². The zero-order chi connectivity index (χ0) is 31.1. The van der Waals surface area contributed by atoms with Gasteiger partial charge >= 0.3 is 0 Å². The molecule has 7 nitrogen and oxygen atoms in total. The summed E-state index contributed by atoms with van der Waals surface area (Å²) in [6.07, 6.45) is 6.50. The van der Waals surface area contributed by atoms with Gasteiger partial charge in [-0.1, -0.05) is 114 Å². The van der Waals surface area contributed by atoms with Crippen molar-refractivity contribution in [2.24, 2.45) is 0 Å². The normalized spacial score (nSPS) is 14.6. The van der Waals surface area contributed by atoms with Crippen LogP contribution in [-0.2, 0) is 32.6 Å². The molecular formula is C35H38BrN3O4S. The lowest BCUT2D eigenvalue weighted by molar-refractivity contribution is -0.140. The molecule has 4 aromatic carbocycles. The van der Waals surface area contributed by atoms with Gasteiger partial charge in [-0.2, -0.15) is 0 Å². The third kappa shape index (κ3) is 8.07. The summed E-state index contributed by atoms with van der Waals surface area (Å²) in [5, 5.41) is 4.83. The summed E-state index contributed by atoms with van der Waals surface area (Å²) in [6.45, 7) is -0.302. The van der Waals surface area contributed by atoms with Gasteiger partial charge in [0.25, 0.3) is 0 Å². The van der Waals surface area contributed by atoms with Crippen LogP contribution in [0.2, 0.25) is 0 Å². The third-order valence-corrected chi connectivity index (χ3v) is 9.80. The first kappa shape index (κ1) is 31.7. The van der Waals surface area contributed by atoms with Crippen LogP contribution in [0, 0.1) is 0 Å². The summed E-state index contributed by atoms with van der Waals surface area (Å²) in [6, 6.07) is 29.4. The Morgan fingerprint density at radius 2 is 1.52 bits per heavy atom. The van der Waals surface area contributed by atoms with Crippen molar-refractivity contribution < 1.29 is 18.0 Å². The highest BCUT2D eigenvalue weighted by Gasteiger charge is 2.34. The molecule has 2 amide bonds. The largest absolute Gasteiger partial charge is 0.352 e. The first-order valence-electron chi connectivity index (χ1n) is 15.0. The lowest BCUT2D eigenvalue weighted by atomic mass is 9.94. The van der Waals surface area contributed by atoms with Gasteiger partial charge in [-0.05, 0) is 47.6 Å². The van der Waals surface area contributed by atoms with E-state index in [0.717, 1.165) is 69.0 Å². The molecule has 1 saturated carbocycles. The topological polar surface area (TPSA) is 86.8 Å². The fraction of sp³-hybridized carbons (Fsp3) is 0.314. The molecular weight excluding hydrogens is 638 g/mol. The lowest BCUT2D eigenvalue weighted by Gasteiger charge is -2.35. The number of anilines is 1. The molecule has 230 valence electrons. The highest BCUT2D eigenvalue weighted by atomic mass is 79.9. The van der Waals surface area contributed by atoms with E-state index in [9.17, 15) is 18.0 Å². The molecule has 1 aliphatic rings. The zero-order valence-electron chi connectivity index (χ0n) is 24.9. The van der Waals surface area contributed by atoms with Gasteiger partial charge in [-0.3, -0.25) is 13.9 Å². The molecule has 0 bridgehead atoms. The summed E-state index contributed by atoms with van der Waals surface area (Å²) in [5.41, 5.74) is 2.16. The van der Waals surface area contributed by atoms with Crippen molar-refractivity contribution >= 4 is 54.2 Å². The second kappa shape index (κ2) is 14.4. The van der Waals surface area contributed by atoms with E-state index < -0.39 is 28.5 Å². The first-order valence-corrected chi connectivity index (χ1v) is 17.7. The molecule has 4 aromatic rings. The van der Waals surface area contributed by atoms with Crippen molar-refractivity contribution in [3.63, 3.8) is 0 Å². The highest BCUT2D eigenvalue weighted by molar-refractivity contribution is 9.10. The van der Waals surface area contributed by atoms with Crippen LogP contribution in [0.25, 0.3) is 10.8 Å². The molecule has 1 aliphatic carbocycles. The van der Waals surface area contributed by atoms with Crippen LogP contribution in [0.5, 0.6) is 0 Å². The molecule has 0 aromatic heterocycles. The summed E-state index contributed by atoms with van der Waals surface area (Å²) < 4.78 is 28.5. The fourth-order valence-electron chi connectivity index (χ4n) is 5.95. The number of halogens is 1. The number of amides is 2. The van der Waals surface area contributed by atoms with E-state index in [1.165, 1.54) is 0 Å². The van der Waals surface area contributed by atoms with Crippen LogP contribution in [0.15, 0.2) is 102 Å². The van der Waals surface area contributed by atoms with Gasteiger partial charge in [0.2, 0.25) is 21.8 Å². The zero-order valence-corrected chi connectivity index (χ0v) is 27.3. The smallest absolute Gasteiger partial charge is 0.244 e. The van der Waals surface area contributed by atoms with E-state index in [4.69, 9.17) is 0 Å². The number of sulfonamides is 1. The number of hydrogen-bond donors (Lipinski definition) is 1. The standard InChI is InChI=1S/C35H38BrN3O4S/c1-44(42,43)39(32-21-11-16-28-15-8-9-20-31(28)32)25-34(40)38(24-27-14-10-17-29(36)22-27)33(23-26-12-4-2-5-13-26)35(41)37-30-18-6-3-7-19-30/h2,4-5,8-17,20-22,30,33H,3,6-7,18-19,23-25H2,1H3,(H,37,41)/t33-/m1/s1. The van der Waals surface area contributed by atoms with Crippen molar-refractivity contribution in [1.29, 1.82) is 0 Å². The van der Waals surface area contributed by atoms with Crippen LogP contribution in [0.3, 0.4) is 0 Å². The summed E-state index contributed by atoms with van der Waals surface area (Å²) >= 11 is 3.52. The lowest BCUT2D eigenvalue weighted by Crippen LogP contribution is -2.55. The second-order valence-electron chi connectivity index (χ2n) is 11.5. The van der Waals surface area contributed by atoms with Crippen LogP contribution in [-0.4, -0.2) is 50.0 Å². The van der Waals surface area contributed by atoms with Crippen molar-refractivity contribution in [3.8, 4) is 0 Å².